The van der Waals surface area contributed by atoms with Crippen LogP contribution in [0.3, 0.4) is 0 Å². The fraction of sp³-hybridized carbons (Fsp3) is 0.694. The first-order chi connectivity index (χ1) is 47.3. The molecule has 0 spiro atoms. The van der Waals surface area contributed by atoms with Crippen LogP contribution in [0.2, 0.25) is 5.32 Å². The predicted octanol–water partition coefficient (Wildman–Crippen LogP) is -3.76. The number of thiol groups is 1. The summed E-state index contributed by atoms with van der Waals surface area (Å²) in [6, 6.07) is -19.1. The van der Waals surface area contributed by atoms with E-state index in [0.717, 1.165) is 0 Å². The molecule has 36 nitrogen and oxygen atoms in total. The van der Waals surface area contributed by atoms with Gasteiger partial charge in [-0.3, -0.25) is 43.2 Å². The number of amides is 12. The molecule has 20 N–H and O–H groups in total. The van der Waals surface area contributed by atoms with Crippen LogP contribution >= 0.6 is 24.4 Å². The first-order valence-corrected chi connectivity index (χ1v) is 36.1. The normalized spacial score (nSPS) is 15.4. The summed E-state index contributed by atoms with van der Waals surface area (Å²) in [6.07, 6.45) is 1.38. The number of carbonyl (C=O) groups excluding carboxylic acids is 12. The van der Waals surface area contributed by atoms with Crippen LogP contribution in [0.25, 0.3) is 0 Å². The molecule has 0 bridgehead atoms. The third-order valence-corrected chi connectivity index (χ3v) is 17.1. The number of nitrogens with one attached hydrogen (secondary N) is 13. The molecule has 1 rings (SSSR count). The Morgan fingerprint density at radius 3 is 1.24 bits per heavy atom. The molecular formula is C62H102N15O21S2Se. The molecule has 569 valence electrons. The molecule has 14 atom stereocenters. The number of nitrogens with two attached hydrogens (primary N) is 1. The van der Waals surface area contributed by atoms with Crippen molar-refractivity contribution in [3.05, 3.63) is 18.2 Å². The third-order valence-electron chi connectivity index (χ3n) is 15.4. The minimum absolute atomic E-state index is 0.00686. The van der Waals surface area contributed by atoms with Crippen molar-refractivity contribution < 1.29 is 102 Å². The van der Waals surface area contributed by atoms with Crippen molar-refractivity contribution >= 4 is 135 Å². The molecule has 0 aliphatic carbocycles. The molecule has 12 amide bonds. The summed E-state index contributed by atoms with van der Waals surface area (Å²) in [5, 5.41) is 76.8. The monoisotopic (exact) mass is 1540 g/mol. The van der Waals surface area contributed by atoms with Gasteiger partial charge in [0, 0.05) is 43.3 Å². The molecule has 1 aromatic rings. The molecule has 0 aromatic carbocycles. The average Bonchev–Trinajstić information content (AvgIpc) is 1.27. The molecule has 0 fully saturated rings. The van der Waals surface area contributed by atoms with E-state index in [9.17, 15) is 97.1 Å². The number of H-pyrrole nitrogens is 1. The molecule has 1 heterocycles. The quantitative estimate of drug-likeness (QED) is 0.0220. The van der Waals surface area contributed by atoms with Crippen LogP contribution in [0.4, 0.5) is 0 Å². The van der Waals surface area contributed by atoms with Crippen LogP contribution in [0, 0.1) is 23.7 Å². The van der Waals surface area contributed by atoms with E-state index >= 15 is 0 Å². The van der Waals surface area contributed by atoms with Gasteiger partial charge in [0.25, 0.3) is 0 Å². The summed E-state index contributed by atoms with van der Waals surface area (Å²) in [5.74, 6) is -18.6. The van der Waals surface area contributed by atoms with Gasteiger partial charge in [-0.1, -0.05) is 20.3 Å². The first kappa shape index (κ1) is 90.9. The number of imidazole rings is 1. The van der Waals surface area contributed by atoms with Crippen LogP contribution in [-0.2, 0) is 83.1 Å². The Morgan fingerprint density at radius 2 is 0.842 bits per heavy atom. The van der Waals surface area contributed by atoms with Gasteiger partial charge in [-0.2, -0.15) is 24.4 Å². The van der Waals surface area contributed by atoms with Gasteiger partial charge in [-0.25, -0.2) is 9.78 Å². The predicted molar refractivity (Wildman–Crippen MR) is 370 cm³/mol. The summed E-state index contributed by atoms with van der Waals surface area (Å²) in [5.41, 5.74) is 6.59. The Hall–Kier alpha value is -8.13. The van der Waals surface area contributed by atoms with E-state index < -0.39 is 224 Å². The number of carboxylic acids is 4. The van der Waals surface area contributed by atoms with E-state index in [1.807, 2.05) is 5.32 Å². The third kappa shape index (κ3) is 34.9. The SMILES string of the molecule is CC[C@H](C)[C@H](NC(=O)[C@H](CCSC)NC(=O)[C@H](CCC(=O)O)NC(=O)[C@@H](N)Cc1cnc[nH]1)C(=O)N[C@@H](CS)C(=O)N[C@@H](CCC(=O)O)C(=O)N[C@@H](CC(C)C)C(=O)N[C@@H](CC(C)C)C(=O)N[C@@H](C[Se])C(=O)N[C@@H](CC(C)C)C(=O)N[C@@H](C)C(=O)N[C@@H](CO)C(=O)N[C@@H](CCC(=O)O)C(=O)O. The summed E-state index contributed by atoms with van der Waals surface area (Å²) in [6.45, 7) is 13.8. The van der Waals surface area contributed by atoms with Crippen LogP contribution in [-0.4, -0.2) is 249 Å². The van der Waals surface area contributed by atoms with Crippen molar-refractivity contribution in [1.82, 2.24) is 73.8 Å². The second kappa shape index (κ2) is 47.1. The Bertz CT molecular complexity index is 2970. The Balaban J connectivity index is 3.42. The van der Waals surface area contributed by atoms with Crippen LogP contribution < -0.4 is 69.5 Å². The zero-order valence-corrected chi connectivity index (χ0v) is 61.8. The molecule has 1 aromatic heterocycles. The van der Waals surface area contributed by atoms with E-state index in [2.05, 4.69) is 97.1 Å². The fourth-order valence-corrected chi connectivity index (χ4v) is 10.8. The fourth-order valence-electron chi connectivity index (χ4n) is 9.59. The standard InChI is InChI=1S/C62H102N15O21S2Se/c1-11-32(8)49(77-54(89)38(18-19-100-10)69-52(87)36(12-15-46(79)80)67-51(86)35(63)23-34-24-64-28-65-34)61(96)75-44(26-99)59(94)68-37(13-16-47(81)82)53(88)71-41(21-30(4)5)56(91)72-42(22-31(6)7)57(92)76-45(27-101)60(95)73-40(20-29(2)3)55(90)66-33(9)50(85)74-43(25-78)58(93)70-39(62(97)98)14-17-48(83)84/h24,28-33,35-45,49,78,99H,11-23,25-27,63H2,1-10H3,(H,64,65)(H,66,90)(H,67,86)(H,68,94)(H,69,87)(H,70,93)(H,71,88)(H,72,91)(H,73,95)(H,74,85)(H,75,96)(H,76,92)(H,77,89)(H,79,80)(H,81,82)(H,83,84)(H,97,98)/t32-,33-,35-,36-,37-,38-,39-,40-,41-,42-,43-,44-,45-,49-/m0/s1. The number of aliphatic hydroxyl groups excluding tert-OH is 1. The van der Waals surface area contributed by atoms with E-state index in [1.165, 1.54) is 31.2 Å². The number of aromatic amines is 1. The molecule has 1 radical (unpaired) electrons. The maximum absolute atomic E-state index is 14.3. The molecule has 0 aliphatic rings. The summed E-state index contributed by atoms with van der Waals surface area (Å²) in [4.78, 5) is 219. The molecule has 101 heavy (non-hydrogen) atoms. The van der Waals surface area contributed by atoms with Gasteiger partial charge in [0.15, 0.2) is 0 Å². The Morgan fingerprint density at radius 1 is 0.485 bits per heavy atom. The maximum atomic E-state index is 14.3. The van der Waals surface area contributed by atoms with Crippen molar-refractivity contribution in [2.45, 2.75) is 223 Å². The average molecular weight is 1540 g/mol. The second-order valence-corrected chi connectivity index (χ2v) is 27.5. The molecule has 39 heteroatoms. The zero-order valence-electron chi connectivity index (χ0n) is 58.3. The number of carbonyl (C=O) groups is 16. The van der Waals surface area contributed by atoms with Gasteiger partial charge in [-0.05, 0) is 37.2 Å². The molecule has 0 unspecified atom stereocenters. The van der Waals surface area contributed by atoms with Crippen molar-refractivity contribution in [3.63, 3.8) is 0 Å². The summed E-state index contributed by atoms with van der Waals surface area (Å²) in [7, 11) is 0. The number of thioether (sulfide) groups is 1. The van der Waals surface area contributed by atoms with Crippen molar-refractivity contribution in [2.24, 2.45) is 29.4 Å². The Labute approximate surface area is 603 Å². The molecule has 0 saturated carbocycles. The molecule has 0 saturated heterocycles. The molecule has 0 aliphatic heterocycles. The number of aromatic nitrogens is 2. The van der Waals surface area contributed by atoms with E-state index in [4.69, 9.17) is 10.8 Å². The minimum atomic E-state index is -1.73. The van der Waals surface area contributed by atoms with E-state index in [0.29, 0.717) is 11.4 Å². The van der Waals surface area contributed by atoms with Gasteiger partial charge < -0.3 is 62.8 Å². The topological polar surface area (TPSA) is 573 Å². The number of hydrogen-bond donors (Lipinski definition) is 20. The molecular weight excluding hydrogens is 1430 g/mol. The summed E-state index contributed by atoms with van der Waals surface area (Å²) >= 11 is 8.24. The van der Waals surface area contributed by atoms with Crippen molar-refractivity contribution in [3.8, 4) is 0 Å². The van der Waals surface area contributed by atoms with Gasteiger partial charge in [0.2, 0.25) is 29.5 Å². The van der Waals surface area contributed by atoms with Gasteiger partial charge in [0.1, 0.15) is 30.2 Å². The van der Waals surface area contributed by atoms with Crippen LogP contribution in [0.1, 0.15) is 139 Å². The number of carboxylic acid groups (broad SMARTS) is 4. The zero-order chi connectivity index (χ0) is 77.0. The van der Waals surface area contributed by atoms with Gasteiger partial charge >= 0.3 is 293 Å². The van der Waals surface area contributed by atoms with E-state index in [1.54, 1.807) is 61.6 Å². The number of hydrogen-bond acceptors (Lipinski definition) is 21. The summed E-state index contributed by atoms with van der Waals surface area (Å²) < 4.78 is 0. The number of rotatable bonds is 50. The van der Waals surface area contributed by atoms with Crippen LogP contribution in [0.5, 0.6) is 0 Å². The number of nitrogens with zero attached hydrogens (tertiary/aromatic N) is 1. The smallest absolute Gasteiger partial charge is 0.481 e. The van der Waals surface area contributed by atoms with Crippen molar-refractivity contribution in [1.29, 1.82) is 0 Å². The number of aliphatic carboxylic acids is 4. The number of aliphatic hydroxyl groups is 1. The Kier molecular flexibility index (Phi) is 42.4. The van der Waals surface area contributed by atoms with Gasteiger partial charge in [-0.15, -0.1) is 0 Å². The van der Waals surface area contributed by atoms with Crippen molar-refractivity contribution in [2.75, 3.05) is 24.4 Å². The second-order valence-electron chi connectivity index (χ2n) is 25.4. The first-order valence-electron chi connectivity index (χ1n) is 32.9. The minimum Gasteiger partial charge on any atom is -0.481 e. The van der Waals surface area contributed by atoms with Gasteiger partial charge in [0.05, 0.1) is 12.4 Å². The van der Waals surface area contributed by atoms with E-state index in [-0.39, 0.29) is 68.0 Å². The van der Waals surface area contributed by atoms with Crippen LogP contribution in [0.15, 0.2) is 12.5 Å².